The molecular weight excluding hydrogens is 268 g/mol. The first-order chi connectivity index (χ1) is 9.83. The molecule has 5 nitrogen and oxygen atoms in total. The number of aromatic nitrogens is 1. The molecule has 0 saturated carbocycles. The van der Waals surface area contributed by atoms with Gasteiger partial charge in [0.2, 0.25) is 0 Å². The molecule has 1 heterocycles. The monoisotopic (exact) mass is 288 g/mol. The molecule has 0 atom stereocenters. The lowest BCUT2D eigenvalue weighted by Gasteiger charge is -2.21. The van der Waals surface area contributed by atoms with Crippen LogP contribution in [0.4, 0.5) is 5.82 Å². The topological polar surface area (TPSA) is 71.5 Å². The van der Waals surface area contributed by atoms with Crippen LogP contribution in [0.2, 0.25) is 0 Å². The number of pyridine rings is 1. The van der Waals surface area contributed by atoms with Crippen LogP contribution in [0.1, 0.15) is 27.2 Å². The molecule has 0 unspecified atom stereocenters. The number of aliphatic carboxylic acids is 1. The Morgan fingerprint density at radius 1 is 1.29 bits per heavy atom. The van der Waals surface area contributed by atoms with Crippen LogP contribution in [0.3, 0.4) is 0 Å². The summed E-state index contributed by atoms with van der Waals surface area (Å²) in [6, 6.07) is 9.44. The van der Waals surface area contributed by atoms with Crippen molar-refractivity contribution >= 4 is 22.7 Å². The molecule has 112 valence electrons. The van der Waals surface area contributed by atoms with E-state index in [1.54, 1.807) is 6.07 Å². The number of carbonyl (C=O) groups is 1. The predicted octanol–water partition coefficient (Wildman–Crippen LogP) is 3.30. The van der Waals surface area contributed by atoms with E-state index in [2.05, 4.69) is 31.1 Å². The van der Waals surface area contributed by atoms with Crippen LogP contribution in [0.15, 0.2) is 30.3 Å². The van der Waals surface area contributed by atoms with Gasteiger partial charge in [-0.25, -0.2) is 4.98 Å². The summed E-state index contributed by atoms with van der Waals surface area (Å²) in [5.74, 6) is 0.618. The second-order valence-electron chi connectivity index (χ2n) is 5.92. The van der Waals surface area contributed by atoms with E-state index in [1.165, 1.54) is 0 Å². The van der Waals surface area contributed by atoms with Gasteiger partial charge in [0.1, 0.15) is 11.6 Å². The standard InChI is InChI=1S/C16H20N2O3/c1-16(2,3)18-14-7-4-11-10-12(5-6-13(11)17-14)21-9-8-15(19)20/h4-7,10H,8-9H2,1-3H3,(H,17,18)(H,19,20). The maximum absolute atomic E-state index is 10.5. The van der Waals surface area contributed by atoms with Gasteiger partial charge in [0.25, 0.3) is 0 Å². The van der Waals surface area contributed by atoms with E-state index in [9.17, 15) is 4.79 Å². The molecule has 2 rings (SSSR count). The smallest absolute Gasteiger partial charge is 0.306 e. The number of benzene rings is 1. The molecule has 1 aromatic heterocycles. The Morgan fingerprint density at radius 2 is 2.05 bits per heavy atom. The number of ether oxygens (including phenoxy) is 1. The van der Waals surface area contributed by atoms with E-state index in [4.69, 9.17) is 9.84 Å². The molecule has 0 bridgehead atoms. The molecule has 0 aliphatic heterocycles. The van der Waals surface area contributed by atoms with Crippen LogP contribution >= 0.6 is 0 Å². The molecule has 21 heavy (non-hydrogen) atoms. The zero-order valence-corrected chi connectivity index (χ0v) is 12.5. The highest BCUT2D eigenvalue weighted by Crippen LogP contribution is 2.22. The van der Waals surface area contributed by atoms with Gasteiger partial charge < -0.3 is 15.2 Å². The summed E-state index contributed by atoms with van der Waals surface area (Å²) in [5, 5.41) is 12.9. The van der Waals surface area contributed by atoms with Crippen LogP contribution in [0, 0.1) is 0 Å². The molecule has 0 fully saturated rings. The maximum Gasteiger partial charge on any atom is 0.306 e. The number of hydrogen-bond donors (Lipinski definition) is 2. The highest BCUT2D eigenvalue weighted by Gasteiger charge is 2.10. The van der Waals surface area contributed by atoms with Crippen molar-refractivity contribution in [2.75, 3.05) is 11.9 Å². The highest BCUT2D eigenvalue weighted by atomic mass is 16.5. The third-order valence-electron chi connectivity index (χ3n) is 2.75. The van der Waals surface area contributed by atoms with E-state index >= 15 is 0 Å². The number of rotatable bonds is 5. The van der Waals surface area contributed by atoms with E-state index < -0.39 is 5.97 Å². The number of hydrogen-bond acceptors (Lipinski definition) is 4. The Labute approximate surface area is 124 Å². The van der Waals surface area contributed by atoms with Crippen LogP contribution in [0.5, 0.6) is 5.75 Å². The second kappa shape index (κ2) is 5.99. The first-order valence-corrected chi connectivity index (χ1v) is 6.87. The lowest BCUT2D eigenvalue weighted by atomic mass is 10.1. The first-order valence-electron chi connectivity index (χ1n) is 6.87. The third-order valence-corrected chi connectivity index (χ3v) is 2.75. The third kappa shape index (κ3) is 4.63. The summed E-state index contributed by atoms with van der Waals surface area (Å²) < 4.78 is 5.41. The first kappa shape index (κ1) is 15.1. The quantitative estimate of drug-likeness (QED) is 0.883. The minimum Gasteiger partial charge on any atom is -0.493 e. The molecule has 0 amide bonds. The minimum atomic E-state index is -0.865. The van der Waals surface area contributed by atoms with Gasteiger partial charge in [0.05, 0.1) is 18.5 Å². The Balaban J connectivity index is 2.13. The van der Waals surface area contributed by atoms with Crippen molar-refractivity contribution in [3.63, 3.8) is 0 Å². The van der Waals surface area contributed by atoms with Gasteiger partial charge in [0.15, 0.2) is 0 Å². The molecule has 1 aromatic carbocycles. The van der Waals surface area contributed by atoms with Gasteiger partial charge in [-0.15, -0.1) is 0 Å². The van der Waals surface area contributed by atoms with E-state index in [0.29, 0.717) is 5.75 Å². The minimum absolute atomic E-state index is 0.00920. The lowest BCUT2D eigenvalue weighted by molar-refractivity contribution is -0.137. The second-order valence-corrected chi connectivity index (χ2v) is 5.92. The van der Waals surface area contributed by atoms with Gasteiger partial charge in [-0.1, -0.05) is 0 Å². The summed E-state index contributed by atoms with van der Waals surface area (Å²) in [6.07, 6.45) is -0.00920. The molecule has 0 aliphatic carbocycles. The summed E-state index contributed by atoms with van der Waals surface area (Å²) in [5.41, 5.74) is 0.829. The van der Waals surface area contributed by atoms with E-state index in [1.807, 2.05) is 24.3 Å². The van der Waals surface area contributed by atoms with Crippen molar-refractivity contribution in [3.05, 3.63) is 30.3 Å². The van der Waals surface area contributed by atoms with Gasteiger partial charge in [0, 0.05) is 10.9 Å². The van der Waals surface area contributed by atoms with Crippen molar-refractivity contribution < 1.29 is 14.6 Å². The largest absolute Gasteiger partial charge is 0.493 e. The molecule has 2 N–H and O–H groups in total. The molecule has 0 radical (unpaired) electrons. The zero-order valence-electron chi connectivity index (χ0n) is 12.5. The van der Waals surface area contributed by atoms with E-state index in [-0.39, 0.29) is 18.6 Å². The summed E-state index contributed by atoms with van der Waals surface area (Å²) >= 11 is 0. The van der Waals surface area contributed by atoms with Crippen LogP contribution in [-0.2, 0) is 4.79 Å². The number of anilines is 1. The van der Waals surface area contributed by atoms with Gasteiger partial charge >= 0.3 is 5.97 Å². The Kier molecular flexibility index (Phi) is 4.31. The van der Waals surface area contributed by atoms with Gasteiger partial charge in [-0.3, -0.25) is 4.79 Å². The summed E-state index contributed by atoms with van der Waals surface area (Å²) in [4.78, 5) is 15.0. The van der Waals surface area contributed by atoms with Crippen molar-refractivity contribution in [2.24, 2.45) is 0 Å². The summed E-state index contributed by atoms with van der Waals surface area (Å²) in [7, 11) is 0. The number of carboxylic acid groups (broad SMARTS) is 1. The number of fused-ring (bicyclic) bond motifs is 1. The van der Waals surface area contributed by atoms with Gasteiger partial charge in [-0.2, -0.15) is 0 Å². The number of nitrogens with zero attached hydrogens (tertiary/aromatic N) is 1. The normalized spacial score (nSPS) is 11.4. The average Bonchev–Trinajstić information content (AvgIpc) is 2.36. The molecule has 0 aliphatic rings. The van der Waals surface area contributed by atoms with Crippen LogP contribution in [0.25, 0.3) is 10.9 Å². The molecule has 2 aromatic rings. The fraction of sp³-hybridized carbons (Fsp3) is 0.375. The fourth-order valence-corrected chi connectivity index (χ4v) is 1.90. The van der Waals surface area contributed by atoms with Crippen molar-refractivity contribution in [3.8, 4) is 5.75 Å². The fourth-order valence-electron chi connectivity index (χ4n) is 1.90. The molecule has 0 spiro atoms. The molecule has 0 saturated heterocycles. The highest BCUT2D eigenvalue weighted by molar-refractivity contribution is 5.81. The Bertz CT molecular complexity index is 648. The van der Waals surface area contributed by atoms with Crippen molar-refractivity contribution in [2.45, 2.75) is 32.7 Å². The van der Waals surface area contributed by atoms with Crippen molar-refractivity contribution in [1.82, 2.24) is 4.98 Å². The van der Waals surface area contributed by atoms with Crippen LogP contribution in [-0.4, -0.2) is 28.2 Å². The maximum atomic E-state index is 10.5. The predicted molar refractivity (Wildman–Crippen MR) is 82.9 cm³/mol. The number of carboxylic acids is 1. The molecule has 5 heteroatoms. The SMILES string of the molecule is CC(C)(C)Nc1ccc2cc(OCCC(=O)O)ccc2n1. The van der Waals surface area contributed by atoms with E-state index in [0.717, 1.165) is 16.7 Å². The molecular formula is C16H20N2O3. The number of nitrogens with one attached hydrogen (secondary N) is 1. The Hall–Kier alpha value is -2.30. The van der Waals surface area contributed by atoms with Gasteiger partial charge in [-0.05, 0) is 51.1 Å². The van der Waals surface area contributed by atoms with Crippen LogP contribution < -0.4 is 10.1 Å². The average molecular weight is 288 g/mol. The Morgan fingerprint density at radius 3 is 2.71 bits per heavy atom. The lowest BCUT2D eigenvalue weighted by Crippen LogP contribution is -2.26. The zero-order chi connectivity index (χ0) is 15.5. The van der Waals surface area contributed by atoms with Crippen molar-refractivity contribution in [1.29, 1.82) is 0 Å². The summed E-state index contributed by atoms with van der Waals surface area (Å²) in [6.45, 7) is 6.41.